The van der Waals surface area contributed by atoms with Crippen molar-refractivity contribution >= 4 is 15.9 Å². The van der Waals surface area contributed by atoms with Crippen molar-refractivity contribution in [1.29, 1.82) is 0 Å². The number of rotatable bonds is 3. The summed E-state index contributed by atoms with van der Waals surface area (Å²) >= 11 is 3.55. The van der Waals surface area contributed by atoms with Crippen molar-refractivity contribution in [2.24, 2.45) is 5.73 Å². The summed E-state index contributed by atoms with van der Waals surface area (Å²) in [7, 11) is 0. The Morgan fingerprint density at radius 3 is 2.62 bits per heavy atom. The molecule has 1 unspecified atom stereocenters. The molecule has 0 fully saturated rings. The standard InChI is InChI=1S/C16H15BrN4/c1-11-13(8-5-9-14(11)17)16(18)15-10-19-20-21(15)12-6-3-2-4-7-12/h2-10,16H,18H2,1H3. The summed E-state index contributed by atoms with van der Waals surface area (Å²) < 4.78 is 2.83. The number of aromatic nitrogens is 3. The van der Waals surface area contributed by atoms with Gasteiger partial charge in [0.05, 0.1) is 23.6 Å². The average molecular weight is 343 g/mol. The summed E-state index contributed by atoms with van der Waals surface area (Å²) in [5.74, 6) is 0. The van der Waals surface area contributed by atoms with Crippen molar-refractivity contribution in [3.63, 3.8) is 0 Å². The third kappa shape index (κ3) is 2.62. The van der Waals surface area contributed by atoms with Crippen LogP contribution < -0.4 is 5.73 Å². The molecule has 0 bridgehead atoms. The van der Waals surface area contributed by atoms with E-state index < -0.39 is 0 Å². The van der Waals surface area contributed by atoms with E-state index in [-0.39, 0.29) is 6.04 Å². The van der Waals surface area contributed by atoms with Gasteiger partial charge in [-0.3, -0.25) is 0 Å². The van der Waals surface area contributed by atoms with Crippen LogP contribution in [0, 0.1) is 6.92 Å². The van der Waals surface area contributed by atoms with E-state index in [0.717, 1.165) is 27.0 Å². The van der Waals surface area contributed by atoms with E-state index in [9.17, 15) is 0 Å². The van der Waals surface area contributed by atoms with Gasteiger partial charge in [-0.05, 0) is 36.2 Å². The van der Waals surface area contributed by atoms with Gasteiger partial charge in [-0.25, -0.2) is 4.68 Å². The normalized spacial score (nSPS) is 12.3. The fourth-order valence-electron chi connectivity index (χ4n) is 2.35. The summed E-state index contributed by atoms with van der Waals surface area (Å²) in [6, 6.07) is 15.6. The molecule has 21 heavy (non-hydrogen) atoms. The lowest BCUT2D eigenvalue weighted by atomic mass is 10.00. The third-order valence-electron chi connectivity index (χ3n) is 3.54. The van der Waals surface area contributed by atoms with Crippen molar-refractivity contribution in [3.05, 3.63) is 76.0 Å². The molecule has 0 aliphatic heterocycles. The number of para-hydroxylation sites is 1. The molecule has 0 aliphatic carbocycles. The first-order valence-corrected chi connectivity index (χ1v) is 7.44. The zero-order valence-corrected chi connectivity index (χ0v) is 13.2. The summed E-state index contributed by atoms with van der Waals surface area (Å²) in [5, 5.41) is 8.18. The van der Waals surface area contributed by atoms with Gasteiger partial charge < -0.3 is 5.73 Å². The largest absolute Gasteiger partial charge is 0.319 e. The molecule has 1 aromatic heterocycles. The molecule has 0 aliphatic rings. The highest BCUT2D eigenvalue weighted by atomic mass is 79.9. The second-order valence-electron chi connectivity index (χ2n) is 4.84. The monoisotopic (exact) mass is 342 g/mol. The van der Waals surface area contributed by atoms with Crippen LogP contribution in [0.2, 0.25) is 0 Å². The number of hydrogen-bond acceptors (Lipinski definition) is 3. The van der Waals surface area contributed by atoms with Gasteiger partial charge in [-0.1, -0.05) is 51.5 Å². The van der Waals surface area contributed by atoms with Crippen LogP contribution in [0.1, 0.15) is 22.9 Å². The minimum absolute atomic E-state index is 0.280. The first-order chi connectivity index (χ1) is 10.2. The zero-order valence-electron chi connectivity index (χ0n) is 11.6. The average Bonchev–Trinajstić information content (AvgIpc) is 3.00. The summed E-state index contributed by atoms with van der Waals surface area (Å²) in [6.45, 7) is 2.05. The van der Waals surface area contributed by atoms with Gasteiger partial charge in [0.15, 0.2) is 0 Å². The second-order valence-corrected chi connectivity index (χ2v) is 5.69. The van der Waals surface area contributed by atoms with Crippen molar-refractivity contribution in [3.8, 4) is 5.69 Å². The predicted octanol–water partition coefficient (Wildman–Crippen LogP) is 3.39. The molecular formula is C16H15BrN4. The number of benzene rings is 2. The third-order valence-corrected chi connectivity index (χ3v) is 4.40. The van der Waals surface area contributed by atoms with Gasteiger partial charge in [0.25, 0.3) is 0 Å². The zero-order chi connectivity index (χ0) is 14.8. The van der Waals surface area contributed by atoms with Crippen molar-refractivity contribution in [2.75, 3.05) is 0 Å². The Morgan fingerprint density at radius 1 is 1.10 bits per heavy atom. The van der Waals surface area contributed by atoms with Crippen LogP contribution in [0.15, 0.2) is 59.2 Å². The van der Waals surface area contributed by atoms with E-state index in [1.54, 1.807) is 10.9 Å². The quantitative estimate of drug-likeness (QED) is 0.793. The van der Waals surface area contributed by atoms with Gasteiger partial charge in [0.2, 0.25) is 0 Å². The van der Waals surface area contributed by atoms with E-state index in [1.807, 2.05) is 48.5 Å². The highest BCUT2D eigenvalue weighted by Gasteiger charge is 2.18. The number of halogens is 1. The Kier molecular flexibility index (Phi) is 3.86. The predicted molar refractivity (Wildman–Crippen MR) is 86.3 cm³/mol. The summed E-state index contributed by atoms with van der Waals surface area (Å²) in [5.41, 5.74) is 10.5. The molecule has 0 amide bonds. The fourth-order valence-corrected chi connectivity index (χ4v) is 2.73. The van der Waals surface area contributed by atoms with Gasteiger partial charge >= 0.3 is 0 Å². The van der Waals surface area contributed by atoms with Gasteiger partial charge in [-0.2, -0.15) is 0 Å². The highest BCUT2D eigenvalue weighted by Crippen LogP contribution is 2.27. The fraction of sp³-hybridized carbons (Fsp3) is 0.125. The SMILES string of the molecule is Cc1c(Br)cccc1C(N)c1cnnn1-c1ccccc1. The molecule has 0 spiro atoms. The number of nitrogens with zero attached hydrogens (tertiary/aromatic N) is 3. The van der Waals surface area contributed by atoms with Crippen LogP contribution >= 0.6 is 15.9 Å². The maximum Gasteiger partial charge on any atom is 0.0858 e. The van der Waals surface area contributed by atoms with Crippen molar-refractivity contribution in [1.82, 2.24) is 15.0 Å². The highest BCUT2D eigenvalue weighted by molar-refractivity contribution is 9.10. The number of nitrogens with two attached hydrogens (primary N) is 1. The Balaban J connectivity index is 2.06. The summed E-state index contributed by atoms with van der Waals surface area (Å²) in [6.07, 6.45) is 1.72. The van der Waals surface area contributed by atoms with Crippen LogP contribution in [0.5, 0.6) is 0 Å². The topological polar surface area (TPSA) is 56.7 Å². The molecule has 3 aromatic rings. The number of hydrogen-bond donors (Lipinski definition) is 1. The van der Waals surface area contributed by atoms with Gasteiger partial charge in [-0.15, -0.1) is 5.10 Å². The Hall–Kier alpha value is -1.98. The molecule has 4 nitrogen and oxygen atoms in total. The molecule has 1 heterocycles. The van der Waals surface area contributed by atoms with Crippen LogP contribution in [0.25, 0.3) is 5.69 Å². The van der Waals surface area contributed by atoms with Gasteiger partial charge in [0.1, 0.15) is 0 Å². The van der Waals surface area contributed by atoms with E-state index >= 15 is 0 Å². The molecule has 1 atom stereocenters. The molecule has 0 saturated heterocycles. The van der Waals surface area contributed by atoms with Crippen LogP contribution in [0.3, 0.4) is 0 Å². The Morgan fingerprint density at radius 2 is 1.86 bits per heavy atom. The maximum atomic E-state index is 6.45. The molecule has 2 N–H and O–H groups in total. The van der Waals surface area contributed by atoms with Crippen molar-refractivity contribution < 1.29 is 0 Å². The molecule has 0 radical (unpaired) electrons. The molecule has 2 aromatic carbocycles. The van der Waals surface area contributed by atoms with Gasteiger partial charge in [0, 0.05) is 4.47 Å². The summed E-state index contributed by atoms with van der Waals surface area (Å²) in [4.78, 5) is 0. The van der Waals surface area contributed by atoms with E-state index in [2.05, 4.69) is 33.2 Å². The smallest absolute Gasteiger partial charge is 0.0858 e. The lowest BCUT2D eigenvalue weighted by Crippen LogP contribution is -2.17. The minimum Gasteiger partial charge on any atom is -0.319 e. The molecular weight excluding hydrogens is 328 g/mol. The Labute approximate surface area is 131 Å². The molecule has 5 heteroatoms. The lowest BCUT2D eigenvalue weighted by Gasteiger charge is -2.16. The second kappa shape index (κ2) is 5.79. The van der Waals surface area contributed by atoms with Crippen molar-refractivity contribution in [2.45, 2.75) is 13.0 Å². The molecule has 0 saturated carbocycles. The molecule has 106 valence electrons. The van der Waals surface area contributed by atoms with Crippen LogP contribution in [0.4, 0.5) is 0 Å². The Bertz CT molecular complexity index is 752. The first kappa shape index (κ1) is 14.0. The molecule has 3 rings (SSSR count). The first-order valence-electron chi connectivity index (χ1n) is 6.65. The van der Waals surface area contributed by atoms with E-state index in [4.69, 9.17) is 5.73 Å². The lowest BCUT2D eigenvalue weighted by molar-refractivity contribution is 0.717. The minimum atomic E-state index is -0.280. The van der Waals surface area contributed by atoms with Crippen LogP contribution in [-0.2, 0) is 0 Å². The maximum absolute atomic E-state index is 6.45. The van der Waals surface area contributed by atoms with E-state index in [1.165, 1.54) is 0 Å². The van der Waals surface area contributed by atoms with Crippen LogP contribution in [-0.4, -0.2) is 15.0 Å². The van der Waals surface area contributed by atoms with E-state index in [0.29, 0.717) is 0 Å².